The Balaban J connectivity index is 2.98. The van der Waals surface area contributed by atoms with Gasteiger partial charge < -0.3 is 4.52 Å². The summed E-state index contributed by atoms with van der Waals surface area (Å²) >= 11 is 0. The topological polar surface area (TPSA) is 55.8 Å². The lowest BCUT2D eigenvalue weighted by molar-refractivity contribution is -0.0366. The fourth-order valence-electron chi connectivity index (χ4n) is 0.693. The summed E-state index contributed by atoms with van der Waals surface area (Å²) < 4.78 is 53.5. The summed E-state index contributed by atoms with van der Waals surface area (Å²) in [6, 6.07) is 2.63. The van der Waals surface area contributed by atoms with Crippen LogP contribution in [0.25, 0.3) is 0 Å². The molecule has 0 aromatic heterocycles. The summed E-state index contributed by atoms with van der Waals surface area (Å²) in [6.45, 7) is 0. The van der Waals surface area contributed by atoms with E-state index in [-0.39, 0.29) is 0 Å². The number of halogens is 3. The molecule has 1 rings (SSSR count). The van der Waals surface area contributed by atoms with Gasteiger partial charge in [-0.2, -0.15) is 4.39 Å². The maximum absolute atomic E-state index is 12.8. The molecule has 1 N–H and O–H groups in total. The lowest BCUT2D eigenvalue weighted by Gasteiger charge is -2.08. The van der Waals surface area contributed by atoms with Crippen LogP contribution in [0, 0.1) is 11.6 Å². The van der Waals surface area contributed by atoms with Gasteiger partial charge in [-0.25, -0.2) is 8.96 Å². The van der Waals surface area contributed by atoms with Crippen LogP contribution in [0.4, 0.5) is 13.3 Å². The van der Waals surface area contributed by atoms with Crippen LogP contribution in [0.2, 0.25) is 0 Å². The molecule has 1 atom stereocenters. The summed E-state index contributed by atoms with van der Waals surface area (Å²) in [5.74, 6) is -3.70. The Morgan fingerprint density at radius 1 is 1.36 bits per heavy atom. The summed E-state index contributed by atoms with van der Waals surface area (Å²) in [6.07, 6.45) is 0. The van der Waals surface area contributed by atoms with Crippen LogP contribution in [-0.4, -0.2) is 4.89 Å². The Hall–Kier alpha value is -1.04. The van der Waals surface area contributed by atoms with Crippen molar-refractivity contribution in [1.29, 1.82) is 0 Å². The second-order valence-electron chi connectivity index (χ2n) is 2.18. The first-order valence-electron chi connectivity index (χ1n) is 3.23. The summed E-state index contributed by atoms with van der Waals surface area (Å²) in [4.78, 5) is 8.44. The van der Waals surface area contributed by atoms with Crippen molar-refractivity contribution in [3.05, 3.63) is 29.8 Å². The van der Waals surface area contributed by atoms with Gasteiger partial charge in [-0.15, -0.1) is 0 Å². The van der Waals surface area contributed by atoms with Crippen molar-refractivity contribution in [2.75, 3.05) is 0 Å². The lowest BCUT2D eigenvalue weighted by Crippen LogP contribution is -1.96. The quantitative estimate of drug-likeness (QED) is 0.806. The SMILES string of the molecule is O=P(O)(OF)Oc1cccc(F)c1F. The first kappa shape index (κ1) is 11.0. The smallest absolute Gasteiger partial charge is 0.399 e. The molecule has 0 saturated heterocycles. The van der Waals surface area contributed by atoms with E-state index >= 15 is 0 Å². The van der Waals surface area contributed by atoms with E-state index in [1.165, 1.54) is 0 Å². The normalized spacial score (nSPS) is 14.9. The van der Waals surface area contributed by atoms with Crippen LogP contribution in [-0.2, 0) is 9.29 Å². The molecular weight excluding hydrogens is 224 g/mol. The number of hydrogen-bond acceptors (Lipinski definition) is 3. The molecular formula is C6H4F3O4P. The van der Waals surface area contributed by atoms with Crippen molar-refractivity contribution in [2.45, 2.75) is 0 Å². The van der Waals surface area contributed by atoms with Gasteiger partial charge in [0.1, 0.15) is 0 Å². The highest BCUT2D eigenvalue weighted by atomic mass is 31.2. The zero-order chi connectivity index (χ0) is 10.8. The van der Waals surface area contributed by atoms with Gasteiger partial charge in [0.2, 0.25) is 5.82 Å². The molecule has 1 aromatic carbocycles. The van der Waals surface area contributed by atoms with Gasteiger partial charge in [0.05, 0.1) is 0 Å². The van der Waals surface area contributed by atoms with Gasteiger partial charge in [-0.05, 0) is 16.7 Å². The molecule has 78 valence electrons. The molecule has 0 fully saturated rings. The summed E-state index contributed by atoms with van der Waals surface area (Å²) in [7, 11) is -5.02. The van der Waals surface area contributed by atoms with Crippen molar-refractivity contribution >= 4 is 7.82 Å². The highest BCUT2D eigenvalue weighted by molar-refractivity contribution is 7.47. The zero-order valence-corrected chi connectivity index (χ0v) is 7.38. The number of benzene rings is 1. The summed E-state index contributed by atoms with van der Waals surface area (Å²) in [5, 5.41) is 0. The van der Waals surface area contributed by atoms with Gasteiger partial charge in [-0.1, -0.05) is 10.8 Å². The van der Waals surface area contributed by atoms with Crippen LogP contribution < -0.4 is 4.52 Å². The lowest BCUT2D eigenvalue weighted by atomic mass is 10.3. The molecule has 0 saturated carbocycles. The van der Waals surface area contributed by atoms with E-state index in [2.05, 4.69) is 9.25 Å². The van der Waals surface area contributed by atoms with E-state index in [1.807, 2.05) is 0 Å². The monoisotopic (exact) mass is 228 g/mol. The molecule has 14 heavy (non-hydrogen) atoms. The van der Waals surface area contributed by atoms with Crippen molar-refractivity contribution in [1.82, 2.24) is 0 Å². The van der Waals surface area contributed by atoms with E-state index in [0.717, 1.165) is 18.2 Å². The molecule has 0 radical (unpaired) electrons. The highest BCUT2D eigenvalue weighted by Gasteiger charge is 2.26. The first-order valence-corrected chi connectivity index (χ1v) is 4.72. The van der Waals surface area contributed by atoms with Gasteiger partial charge in [0.25, 0.3) is 0 Å². The molecule has 1 aromatic rings. The van der Waals surface area contributed by atoms with Crippen molar-refractivity contribution in [2.24, 2.45) is 0 Å². The molecule has 0 aliphatic heterocycles. The number of rotatable bonds is 3. The van der Waals surface area contributed by atoms with Crippen LogP contribution in [0.3, 0.4) is 0 Å². The van der Waals surface area contributed by atoms with E-state index in [4.69, 9.17) is 4.89 Å². The Bertz CT molecular complexity index is 383. The predicted molar refractivity (Wildman–Crippen MR) is 39.0 cm³/mol. The van der Waals surface area contributed by atoms with Gasteiger partial charge in [0.15, 0.2) is 11.6 Å². The first-order chi connectivity index (χ1) is 6.46. The Labute approximate surface area is 76.4 Å². The molecule has 4 nitrogen and oxygen atoms in total. The maximum Gasteiger partial charge on any atom is 0.559 e. The van der Waals surface area contributed by atoms with Gasteiger partial charge >= 0.3 is 7.82 Å². The minimum Gasteiger partial charge on any atom is -0.399 e. The maximum atomic E-state index is 12.8. The third kappa shape index (κ3) is 2.47. The average molecular weight is 228 g/mol. The molecule has 0 aliphatic rings. The van der Waals surface area contributed by atoms with Crippen LogP contribution in [0.15, 0.2) is 18.2 Å². The number of phosphoric acid groups is 1. The molecule has 0 spiro atoms. The summed E-state index contributed by atoms with van der Waals surface area (Å²) in [5.41, 5.74) is 0. The standard InChI is InChI=1S/C6H4F3O4P/c7-4-2-1-3-5(6(4)8)12-14(10,11)13-9/h1-3H,(H,10,11). The fourth-order valence-corrected chi connectivity index (χ4v) is 1.11. The Morgan fingerprint density at radius 2 is 2.00 bits per heavy atom. The minimum atomic E-state index is -5.02. The predicted octanol–water partition coefficient (Wildman–Crippen LogP) is 2.35. The third-order valence-corrected chi connectivity index (χ3v) is 1.82. The molecule has 0 amide bonds. The molecule has 0 bridgehead atoms. The van der Waals surface area contributed by atoms with E-state index in [0.29, 0.717) is 0 Å². The van der Waals surface area contributed by atoms with Crippen LogP contribution in [0.5, 0.6) is 5.75 Å². The Morgan fingerprint density at radius 3 is 2.57 bits per heavy atom. The molecule has 1 unspecified atom stereocenters. The molecule has 0 aliphatic carbocycles. The second kappa shape index (κ2) is 4.00. The molecule has 0 heterocycles. The zero-order valence-electron chi connectivity index (χ0n) is 6.49. The third-order valence-electron chi connectivity index (χ3n) is 1.22. The van der Waals surface area contributed by atoms with E-state index in [1.54, 1.807) is 0 Å². The second-order valence-corrected chi connectivity index (χ2v) is 3.44. The minimum absolute atomic E-state index is 0.765. The fraction of sp³-hybridized carbons (Fsp3) is 0. The molecule has 8 heteroatoms. The number of phosphoric ester groups is 1. The largest absolute Gasteiger partial charge is 0.559 e. The van der Waals surface area contributed by atoms with Crippen molar-refractivity contribution < 1.29 is 32.0 Å². The van der Waals surface area contributed by atoms with E-state index in [9.17, 15) is 17.9 Å². The van der Waals surface area contributed by atoms with E-state index < -0.39 is 25.2 Å². The van der Waals surface area contributed by atoms with Gasteiger partial charge in [0, 0.05) is 0 Å². The van der Waals surface area contributed by atoms with Crippen LogP contribution in [0.1, 0.15) is 0 Å². The van der Waals surface area contributed by atoms with Crippen molar-refractivity contribution in [3.8, 4) is 5.75 Å². The average Bonchev–Trinajstić information content (AvgIpc) is 2.13. The van der Waals surface area contributed by atoms with Gasteiger partial charge in [-0.3, -0.25) is 4.89 Å². The highest BCUT2D eigenvalue weighted by Crippen LogP contribution is 2.44. The van der Waals surface area contributed by atoms with Crippen LogP contribution >= 0.6 is 7.82 Å². The van der Waals surface area contributed by atoms with Crippen molar-refractivity contribution in [3.63, 3.8) is 0 Å². The Kier molecular flexibility index (Phi) is 3.15. The number of hydrogen-bond donors (Lipinski definition) is 1.